The van der Waals surface area contributed by atoms with Gasteiger partial charge in [-0.15, -0.1) is 0 Å². The lowest BCUT2D eigenvalue weighted by atomic mass is 10.1. The summed E-state index contributed by atoms with van der Waals surface area (Å²) in [4.78, 5) is 33.7. The Balaban J connectivity index is 1.47. The van der Waals surface area contributed by atoms with Crippen molar-refractivity contribution in [2.75, 3.05) is 5.32 Å². The van der Waals surface area contributed by atoms with Gasteiger partial charge in [0.05, 0.1) is 11.2 Å². The van der Waals surface area contributed by atoms with E-state index >= 15 is 0 Å². The van der Waals surface area contributed by atoms with Gasteiger partial charge < -0.3 is 10.6 Å². The molecule has 4 aromatic rings. The number of anilines is 1. The van der Waals surface area contributed by atoms with Gasteiger partial charge in [-0.3, -0.25) is 19.6 Å². The number of nitrogens with one attached hydrogen (secondary N) is 2. The quantitative estimate of drug-likeness (QED) is 0.531. The fourth-order valence-electron chi connectivity index (χ4n) is 3.07. The molecule has 0 unspecified atom stereocenters. The highest BCUT2D eigenvalue weighted by atomic mass is 16.2. The molecule has 2 N–H and O–H groups in total. The van der Waals surface area contributed by atoms with Crippen LogP contribution in [0.25, 0.3) is 10.9 Å². The number of aromatic nitrogens is 2. The van der Waals surface area contributed by atoms with Crippen LogP contribution in [0.1, 0.15) is 32.0 Å². The molecular formula is C24H20N4O2. The van der Waals surface area contributed by atoms with E-state index in [1.807, 2.05) is 55.5 Å². The zero-order chi connectivity index (χ0) is 20.9. The molecule has 4 rings (SSSR count). The van der Waals surface area contributed by atoms with Crippen LogP contribution in [0.15, 0.2) is 79.1 Å². The molecule has 148 valence electrons. The van der Waals surface area contributed by atoms with Crippen molar-refractivity contribution in [3.05, 3.63) is 102 Å². The van der Waals surface area contributed by atoms with E-state index in [-0.39, 0.29) is 17.5 Å². The number of amides is 2. The van der Waals surface area contributed by atoms with Crippen LogP contribution in [-0.2, 0) is 6.54 Å². The Morgan fingerprint density at radius 3 is 2.50 bits per heavy atom. The summed E-state index contributed by atoms with van der Waals surface area (Å²) in [7, 11) is 0. The highest BCUT2D eigenvalue weighted by Gasteiger charge is 2.13. The first-order chi connectivity index (χ1) is 14.6. The Morgan fingerprint density at radius 1 is 0.867 bits per heavy atom. The summed E-state index contributed by atoms with van der Waals surface area (Å²) in [5, 5.41) is 6.63. The molecule has 0 radical (unpaired) electrons. The summed E-state index contributed by atoms with van der Waals surface area (Å²) < 4.78 is 0. The van der Waals surface area contributed by atoms with Gasteiger partial charge in [0.25, 0.3) is 11.8 Å². The van der Waals surface area contributed by atoms with Crippen molar-refractivity contribution in [1.82, 2.24) is 15.3 Å². The van der Waals surface area contributed by atoms with Gasteiger partial charge in [-0.1, -0.05) is 48.0 Å². The predicted molar refractivity (Wildman–Crippen MR) is 116 cm³/mol. The van der Waals surface area contributed by atoms with Crippen molar-refractivity contribution in [3.8, 4) is 0 Å². The van der Waals surface area contributed by atoms with Crippen LogP contribution < -0.4 is 10.6 Å². The lowest BCUT2D eigenvalue weighted by molar-refractivity contribution is 0.0946. The van der Waals surface area contributed by atoms with Crippen molar-refractivity contribution in [2.24, 2.45) is 0 Å². The van der Waals surface area contributed by atoms with E-state index in [1.165, 1.54) is 12.3 Å². The maximum atomic E-state index is 12.7. The lowest BCUT2D eigenvalue weighted by Crippen LogP contribution is -2.24. The summed E-state index contributed by atoms with van der Waals surface area (Å²) in [6.07, 6.45) is 3.14. The zero-order valence-electron chi connectivity index (χ0n) is 16.4. The topological polar surface area (TPSA) is 84.0 Å². The van der Waals surface area contributed by atoms with Gasteiger partial charge >= 0.3 is 0 Å². The van der Waals surface area contributed by atoms with Crippen molar-refractivity contribution < 1.29 is 9.59 Å². The van der Waals surface area contributed by atoms with Gasteiger partial charge in [-0.25, -0.2) is 0 Å². The number of nitrogens with zero attached hydrogens (tertiary/aromatic N) is 2. The number of fused-ring (bicyclic) bond motifs is 1. The number of rotatable bonds is 5. The molecule has 0 bridgehead atoms. The highest BCUT2D eigenvalue weighted by molar-refractivity contribution is 6.09. The molecule has 0 saturated heterocycles. The Morgan fingerprint density at radius 2 is 1.67 bits per heavy atom. The number of aryl methyl sites for hydroxylation is 1. The highest BCUT2D eigenvalue weighted by Crippen LogP contribution is 2.21. The molecule has 30 heavy (non-hydrogen) atoms. The summed E-state index contributed by atoms with van der Waals surface area (Å²) in [5.74, 6) is -0.666. The molecule has 2 amide bonds. The van der Waals surface area contributed by atoms with E-state index in [2.05, 4.69) is 20.6 Å². The molecule has 0 saturated carbocycles. The van der Waals surface area contributed by atoms with E-state index < -0.39 is 0 Å². The molecule has 0 fully saturated rings. The van der Waals surface area contributed by atoms with Crippen LogP contribution >= 0.6 is 0 Å². The van der Waals surface area contributed by atoms with E-state index in [9.17, 15) is 9.59 Å². The van der Waals surface area contributed by atoms with E-state index in [4.69, 9.17) is 0 Å². The maximum absolute atomic E-state index is 12.7. The standard InChI is InChI=1S/C24H20N4O2/c1-16-7-9-17(10-8-16)15-27-24(30)21-14-19(11-13-25-21)23(29)28-20-6-2-4-18-5-3-12-26-22(18)20/h2-14H,15H2,1H3,(H,27,30)(H,28,29). The van der Waals surface area contributed by atoms with Crippen molar-refractivity contribution in [1.29, 1.82) is 0 Å². The second-order valence-electron chi connectivity index (χ2n) is 6.93. The molecule has 0 atom stereocenters. The minimum absolute atomic E-state index is 0.186. The lowest BCUT2D eigenvalue weighted by Gasteiger charge is -2.09. The molecule has 0 spiro atoms. The monoisotopic (exact) mass is 396 g/mol. The average Bonchev–Trinajstić information content (AvgIpc) is 2.79. The Kier molecular flexibility index (Phi) is 5.48. The molecular weight excluding hydrogens is 376 g/mol. The van der Waals surface area contributed by atoms with Crippen LogP contribution in [0.3, 0.4) is 0 Å². The van der Waals surface area contributed by atoms with E-state index in [1.54, 1.807) is 18.3 Å². The first-order valence-corrected chi connectivity index (χ1v) is 9.55. The Labute approximate surface area is 174 Å². The molecule has 0 aliphatic carbocycles. The second-order valence-corrected chi connectivity index (χ2v) is 6.93. The van der Waals surface area contributed by atoms with Crippen molar-refractivity contribution in [3.63, 3.8) is 0 Å². The van der Waals surface area contributed by atoms with E-state index in [0.717, 1.165) is 16.5 Å². The van der Waals surface area contributed by atoms with Gasteiger partial charge in [0.2, 0.25) is 0 Å². The van der Waals surface area contributed by atoms with Gasteiger partial charge in [-0.2, -0.15) is 0 Å². The van der Waals surface area contributed by atoms with Gasteiger partial charge in [0, 0.05) is 29.9 Å². The second kappa shape index (κ2) is 8.53. The number of hydrogen-bond acceptors (Lipinski definition) is 4. The smallest absolute Gasteiger partial charge is 0.270 e. The number of carbonyl (C=O) groups excluding carboxylic acids is 2. The predicted octanol–water partition coefficient (Wildman–Crippen LogP) is 4.12. The van der Waals surface area contributed by atoms with Crippen LogP contribution in [0.4, 0.5) is 5.69 Å². The van der Waals surface area contributed by atoms with Crippen molar-refractivity contribution >= 4 is 28.4 Å². The van der Waals surface area contributed by atoms with Crippen LogP contribution in [-0.4, -0.2) is 21.8 Å². The molecule has 0 aliphatic heterocycles. The largest absolute Gasteiger partial charge is 0.347 e. The first kappa shape index (κ1) is 19.3. The van der Waals surface area contributed by atoms with Crippen molar-refractivity contribution in [2.45, 2.75) is 13.5 Å². The average molecular weight is 396 g/mol. The summed E-state index contributed by atoms with van der Waals surface area (Å²) in [6.45, 7) is 2.40. The van der Waals surface area contributed by atoms with Gasteiger partial charge in [0.1, 0.15) is 5.69 Å². The molecule has 2 aromatic heterocycles. The maximum Gasteiger partial charge on any atom is 0.270 e. The number of carbonyl (C=O) groups is 2. The van der Waals surface area contributed by atoms with Gasteiger partial charge in [-0.05, 0) is 36.8 Å². The Hall–Kier alpha value is -4.06. The molecule has 6 heteroatoms. The normalized spacial score (nSPS) is 10.6. The van der Waals surface area contributed by atoms with Crippen LogP contribution in [0, 0.1) is 6.92 Å². The number of hydrogen-bond donors (Lipinski definition) is 2. The fraction of sp³-hybridized carbons (Fsp3) is 0.0833. The fourth-order valence-corrected chi connectivity index (χ4v) is 3.07. The van der Waals surface area contributed by atoms with E-state index in [0.29, 0.717) is 23.3 Å². The van der Waals surface area contributed by atoms with Crippen LogP contribution in [0.2, 0.25) is 0 Å². The molecule has 6 nitrogen and oxygen atoms in total. The first-order valence-electron chi connectivity index (χ1n) is 9.55. The third-order valence-electron chi connectivity index (χ3n) is 4.71. The minimum atomic E-state index is -0.336. The summed E-state index contributed by atoms with van der Waals surface area (Å²) in [6, 6.07) is 20.3. The number of para-hydroxylation sites is 1. The molecule has 2 heterocycles. The SMILES string of the molecule is Cc1ccc(CNC(=O)c2cc(C(=O)Nc3cccc4cccnc34)ccn2)cc1. The number of benzene rings is 2. The minimum Gasteiger partial charge on any atom is -0.347 e. The third-order valence-corrected chi connectivity index (χ3v) is 4.71. The molecule has 2 aromatic carbocycles. The number of pyridine rings is 2. The van der Waals surface area contributed by atoms with Gasteiger partial charge in [0.15, 0.2) is 0 Å². The summed E-state index contributed by atoms with van der Waals surface area (Å²) in [5.41, 5.74) is 4.00. The van der Waals surface area contributed by atoms with Crippen LogP contribution in [0.5, 0.6) is 0 Å². The Bertz CT molecular complexity index is 1210. The summed E-state index contributed by atoms with van der Waals surface area (Å²) >= 11 is 0. The molecule has 0 aliphatic rings. The zero-order valence-corrected chi connectivity index (χ0v) is 16.4. The third kappa shape index (κ3) is 4.33.